The van der Waals surface area contributed by atoms with E-state index in [9.17, 15) is 0 Å². The molecule has 0 amide bonds. The quantitative estimate of drug-likeness (QED) is 0.419. The summed E-state index contributed by atoms with van der Waals surface area (Å²) in [5.74, 6) is 0. The zero-order valence-electron chi connectivity index (χ0n) is 19.5. The van der Waals surface area contributed by atoms with Crippen molar-refractivity contribution in [3.05, 3.63) is 82.0 Å². The van der Waals surface area contributed by atoms with E-state index in [0.717, 1.165) is 12.8 Å². The Bertz CT molecular complexity index is 1030. The molecule has 2 aromatic rings. The van der Waals surface area contributed by atoms with Crippen molar-refractivity contribution in [2.24, 2.45) is 0 Å². The van der Waals surface area contributed by atoms with E-state index in [4.69, 9.17) is 0 Å². The maximum Gasteiger partial charge on any atom is 0.0114 e. The summed E-state index contributed by atoms with van der Waals surface area (Å²) in [5, 5.41) is 0. The zero-order valence-corrected chi connectivity index (χ0v) is 19.5. The van der Waals surface area contributed by atoms with Gasteiger partial charge in [-0.15, -0.1) is 0 Å². The summed E-state index contributed by atoms with van der Waals surface area (Å²) in [5.41, 5.74) is 12.2. The van der Waals surface area contributed by atoms with Gasteiger partial charge in [0.15, 0.2) is 0 Å². The van der Waals surface area contributed by atoms with Crippen LogP contribution in [-0.4, -0.2) is 0 Å². The molecular weight excluding hydrogens is 348 g/mol. The molecule has 152 valence electrons. The van der Waals surface area contributed by atoms with Crippen LogP contribution in [0.15, 0.2) is 54.1 Å². The third kappa shape index (κ3) is 3.41. The van der Waals surface area contributed by atoms with Crippen LogP contribution in [0, 0.1) is 0 Å². The second-order valence-corrected chi connectivity index (χ2v) is 11.5. The molecule has 29 heavy (non-hydrogen) atoms. The predicted molar refractivity (Wildman–Crippen MR) is 127 cm³/mol. The number of hydrogen-bond donors (Lipinski definition) is 0. The van der Waals surface area contributed by atoms with Crippen LogP contribution in [-0.2, 0) is 22.7 Å². The summed E-state index contributed by atoms with van der Waals surface area (Å²) < 4.78 is 0. The Balaban J connectivity index is 1.96. The van der Waals surface area contributed by atoms with E-state index >= 15 is 0 Å². The van der Waals surface area contributed by atoms with Gasteiger partial charge in [0, 0.05) is 5.41 Å². The van der Waals surface area contributed by atoms with E-state index in [1.165, 1.54) is 44.5 Å². The molecule has 0 heterocycles. The van der Waals surface area contributed by atoms with Crippen molar-refractivity contribution in [2.45, 2.75) is 84.5 Å². The molecule has 2 aliphatic rings. The second kappa shape index (κ2) is 6.46. The van der Waals surface area contributed by atoms with Crippen LogP contribution in [0.5, 0.6) is 0 Å². The average molecular weight is 385 g/mol. The third-order valence-electron chi connectivity index (χ3n) is 7.00. The third-order valence-corrected chi connectivity index (χ3v) is 7.00. The fraction of sp³-hybridized carbons (Fsp3) is 0.448. The number of fused-ring (bicyclic) bond motifs is 3. The van der Waals surface area contributed by atoms with Crippen LogP contribution in [0.1, 0.15) is 89.6 Å². The highest BCUT2D eigenvalue weighted by Crippen LogP contribution is 2.48. The highest BCUT2D eigenvalue weighted by Gasteiger charge is 2.34. The van der Waals surface area contributed by atoms with Crippen molar-refractivity contribution < 1.29 is 0 Å². The predicted octanol–water partition coefficient (Wildman–Crippen LogP) is 8.02. The normalized spacial score (nSPS) is 16.1. The monoisotopic (exact) mass is 384 g/mol. The molecule has 0 radical (unpaired) electrons. The Hall–Kier alpha value is -2.08. The van der Waals surface area contributed by atoms with E-state index in [2.05, 4.69) is 104 Å². The summed E-state index contributed by atoms with van der Waals surface area (Å²) >= 11 is 0. The molecule has 0 unspecified atom stereocenters. The topological polar surface area (TPSA) is 0 Å². The van der Waals surface area contributed by atoms with Gasteiger partial charge in [-0.1, -0.05) is 110 Å². The van der Waals surface area contributed by atoms with Crippen molar-refractivity contribution in [1.29, 1.82) is 0 Å². The molecule has 2 aliphatic carbocycles. The van der Waals surface area contributed by atoms with Crippen LogP contribution in [0.2, 0.25) is 0 Å². The van der Waals surface area contributed by atoms with Gasteiger partial charge in [0.1, 0.15) is 0 Å². The molecule has 2 aromatic carbocycles. The lowest BCUT2D eigenvalue weighted by atomic mass is 9.72. The molecule has 0 fully saturated rings. The minimum Gasteiger partial charge on any atom is -0.0804 e. The molecule has 4 rings (SSSR count). The lowest BCUT2D eigenvalue weighted by molar-refractivity contribution is 0.575. The van der Waals surface area contributed by atoms with Crippen molar-refractivity contribution in [3.63, 3.8) is 0 Å². The van der Waals surface area contributed by atoms with Gasteiger partial charge in [0.25, 0.3) is 0 Å². The van der Waals surface area contributed by atoms with Crippen LogP contribution in [0.25, 0.3) is 11.1 Å². The first-order valence-corrected chi connectivity index (χ1v) is 11.1. The van der Waals surface area contributed by atoms with E-state index in [-0.39, 0.29) is 16.2 Å². The smallest absolute Gasteiger partial charge is 0.0114 e. The molecule has 0 aromatic heterocycles. The molecular formula is C29H36. The minimum absolute atomic E-state index is 0.0454. The maximum absolute atomic E-state index is 2.51. The Morgan fingerprint density at radius 2 is 1.38 bits per heavy atom. The second-order valence-electron chi connectivity index (χ2n) is 11.5. The number of hydrogen-bond acceptors (Lipinski definition) is 0. The van der Waals surface area contributed by atoms with E-state index in [1.807, 2.05) is 0 Å². The number of benzene rings is 2. The largest absolute Gasteiger partial charge is 0.0804 e. The van der Waals surface area contributed by atoms with E-state index < -0.39 is 0 Å². The Kier molecular flexibility index (Phi) is 4.50. The first kappa shape index (κ1) is 20.2. The number of allylic oxidation sites excluding steroid dienone is 4. The summed E-state index contributed by atoms with van der Waals surface area (Å²) in [7, 11) is 0. The molecule has 0 saturated heterocycles. The maximum atomic E-state index is 2.51. The lowest BCUT2D eigenvalue weighted by Crippen LogP contribution is -2.23. The molecule has 0 spiro atoms. The highest BCUT2D eigenvalue weighted by atomic mass is 14.4. The number of rotatable bonds is 2. The van der Waals surface area contributed by atoms with Gasteiger partial charge in [-0.05, 0) is 62.6 Å². The Morgan fingerprint density at radius 3 is 1.97 bits per heavy atom. The van der Waals surface area contributed by atoms with Gasteiger partial charge in [-0.3, -0.25) is 0 Å². The molecule has 0 saturated carbocycles. The Labute approximate surface area is 177 Å². The van der Waals surface area contributed by atoms with Gasteiger partial charge >= 0.3 is 0 Å². The van der Waals surface area contributed by atoms with E-state index in [1.54, 1.807) is 0 Å². The van der Waals surface area contributed by atoms with Gasteiger partial charge in [0.2, 0.25) is 0 Å². The molecule has 0 atom stereocenters. The zero-order chi connectivity index (χ0) is 21.2. The van der Waals surface area contributed by atoms with Gasteiger partial charge in [-0.2, -0.15) is 0 Å². The van der Waals surface area contributed by atoms with Crippen LogP contribution in [0.3, 0.4) is 0 Å². The summed E-state index contributed by atoms with van der Waals surface area (Å²) in [4.78, 5) is 0. The van der Waals surface area contributed by atoms with Crippen LogP contribution >= 0.6 is 0 Å². The molecule has 0 aliphatic heterocycles. The van der Waals surface area contributed by atoms with Crippen LogP contribution < -0.4 is 0 Å². The molecule has 0 nitrogen and oxygen atoms in total. The first-order chi connectivity index (χ1) is 13.4. The fourth-order valence-corrected chi connectivity index (χ4v) is 4.82. The SMILES string of the molecule is CC(C)(C)c1ccc2c(c1)-c1cc(C(C)(C)C)cc(C(C)(C)C3=CC=CC3)c1C2. The highest BCUT2D eigenvalue weighted by molar-refractivity contribution is 5.80. The van der Waals surface area contributed by atoms with Crippen molar-refractivity contribution in [3.8, 4) is 11.1 Å². The van der Waals surface area contributed by atoms with Crippen molar-refractivity contribution in [2.75, 3.05) is 0 Å². The molecule has 0 N–H and O–H groups in total. The minimum atomic E-state index is 0.0454. The van der Waals surface area contributed by atoms with Gasteiger partial charge < -0.3 is 0 Å². The van der Waals surface area contributed by atoms with Gasteiger partial charge in [-0.25, -0.2) is 0 Å². The summed E-state index contributed by atoms with van der Waals surface area (Å²) in [6.07, 6.45) is 8.96. The molecule has 0 bridgehead atoms. The first-order valence-electron chi connectivity index (χ1n) is 11.1. The summed E-state index contributed by atoms with van der Waals surface area (Å²) in [6, 6.07) is 12.2. The standard InChI is InChI=1S/C29H36/c1-27(2,3)21-14-13-19-15-25-24(23(19)16-21)17-22(28(4,5)6)18-26(25)29(7,8)20-11-9-10-12-20/h9-11,13-14,16-18H,12,15H2,1-8H3. The van der Waals surface area contributed by atoms with Crippen molar-refractivity contribution in [1.82, 2.24) is 0 Å². The van der Waals surface area contributed by atoms with Gasteiger partial charge in [0.05, 0.1) is 0 Å². The van der Waals surface area contributed by atoms with Crippen LogP contribution in [0.4, 0.5) is 0 Å². The average Bonchev–Trinajstić information content (AvgIpc) is 3.27. The fourth-order valence-electron chi connectivity index (χ4n) is 4.82. The Morgan fingerprint density at radius 1 is 0.724 bits per heavy atom. The lowest BCUT2D eigenvalue weighted by Gasteiger charge is -2.32. The van der Waals surface area contributed by atoms with E-state index in [0.29, 0.717) is 0 Å². The summed E-state index contributed by atoms with van der Waals surface area (Å²) in [6.45, 7) is 18.8. The molecule has 0 heteroatoms. The van der Waals surface area contributed by atoms with Crippen molar-refractivity contribution >= 4 is 0 Å².